The zero-order valence-electron chi connectivity index (χ0n) is 30.5. The number of ether oxygens (including phenoxy) is 5. The molecule has 0 saturated carbocycles. The molecule has 0 fully saturated rings. The zero-order valence-corrected chi connectivity index (χ0v) is 31.3. The third kappa shape index (κ3) is 9.66. The molecule has 0 aliphatic carbocycles. The summed E-state index contributed by atoms with van der Waals surface area (Å²) in [6.07, 6.45) is 1.79. The summed E-state index contributed by atoms with van der Waals surface area (Å²) in [5.41, 5.74) is 1.56. The van der Waals surface area contributed by atoms with Crippen LogP contribution in [0.15, 0.2) is 95.9 Å². The fraction of sp³-hybridized carbons (Fsp3) is 0.333. The number of carbonyl (C=O) groups is 2. The molecule has 0 radical (unpaired) electrons. The Labute approximate surface area is 306 Å². The first-order valence-corrected chi connectivity index (χ1v) is 18.2. The summed E-state index contributed by atoms with van der Waals surface area (Å²) in [5, 5.41) is 2.99. The van der Waals surface area contributed by atoms with Crippen molar-refractivity contribution in [2.75, 3.05) is 52.9 Å². The Morgan fingerprint density at radius 1 is 0.712 bits per heavy atom. The molecule has 278 valence electrons. The number of benzene rings is 4. The minimum Gasteiger partial charge on any atom is -0.497 e. The highest BCUT2D eigenvalue weighted by atomic mass is 32.2. The summed E-state index contributed by atoms with van der Waals surface area (Å²) in [6.45, 7) is 1.72. The number of amides is 2. The van der Waals surface area contributed by atoms with E-state index in [0.29, 0.717) is 29.4 Å². The molecule has 4 rings (SSSR count). The number of hydrogen-bond donors (Lipinski definition) is 1. The molecular weight excluding hydrogens is 687 g/mol. The Bertz CT molecular complexity index is 1900. The van der Waals surface area contributed by atoms with Gasteiger partial charge >= 0.3 is 0 Å². The molecule has 1 atom stereocenters. The van der Waals surface area contributed by atoms with Gasteiger partial charge in [0.25, 0.3) is 10.0 Å². The largest absolute Gasteiger partial charge is 0.497 e. The van der Waals surface area contributed by atoms with E-state index < -0.39 is 28.5 Å². The highest BCUT2D eigenvalue weighted by molar-refractivity contribution is 7.92. The number of anilines is 1. The fourth-order valence-corrected chi connectivity index (χ4v) is 7.07. The van der Waals surface area contributed by atoms with E-state index in [4.69, 9.17) is 23.7 Å². The smallest absolute Gasteiger partial charge is 0.265 e. The van der Waals surface area contributed by atoms with E-state index >= 15 is 0 Å². The van der Waals surface area contributed by atoms with Crippen LogP contribution in [0, 0.1) is 0 Å². The molecule has 13 heteroatoms. The lowest BCUT2D eigenvalue weighted by Crippen LogP contribution is -2.53. The Morgan fingerprint density at radius 2 is 1.37 bits per heavy atom. The number of carbonyl (C=O) groups excluding carboxylic acids is 2. The third-order valence-electron chi connectivity index (χ3n) is 8.46. The highest BCUT2D eigenvalue weighted by Gasteiger charge is 2.36. The van der Waals surface area contributed by atoms with Gasteiger partial charge in [0.1, 0.15) is 29.8 Å². The molecular formula is C39H47N3O9S. The molecule has 52 heavy (non-hydrogen) atoms. The van der Waals surface area contributed by atoms with Gasteiger partial charge < -0.3 is 33.9 Å². The summed E-state index contributed by atoms with van der Waals surface area (Å²) < 4.78 is 57.6. The van der Waals surface area contributed by atoms with Crippen LogP contribution in [0.3, 0.4) is 0 Å². The molecule has 1 N–H and O–H groups in total. The maximum atomic E-state index is 14.9. The van der Waals surface area contributed by atoms with Gasteiger partial charge in [0.15, 0.2) is 11.5 Å². The van der Waals surface area contributed by atoms with E-state index in [1.165, 1.54) is 57.6 Å². The number of unbranched alkanes of at least 4 members (excludes halogenated alkanes) is 1. The van der Waals surface area contributed by atoms with Gasteiger partial charge in [-0.3, -0.25) is 13.9 Å². The predicted octanol–water partition coefficient (Wildman–Crippen LogP) is 5.48. The summed E-state index contributed by atoms with van der Waals surface area (Å²) in [7, 11) is 2.73. The predicted molar refractivity (Wildman–Crippen MR) is 199 cm³/mol. The van der Waals surface area contributed by atoms with Crippen molar-refractivity contribution in [3.05, 3.63) is 102 Å². The molecule has 0 aliphatic heterocycles. The van der Waals surface area contributed by atoms with Gasteiger partial charge in [0, 0.05) is 31.6 Å². The highest BCUT2D eigenvalue weighted by Crippen LogP contribution is 2.38. The first kappa shape index (κ1) is 39.4. The van der Waals surface area contributed by atoms with Crippen LogP contribution >= 0.6 is 0 Å². The van der Waals surface area contributed by atoms with Gasteiger partial charge in [-0.15, -0.1) is 0 Å². The van der Waals surface area contributed by atoms with Crippen molar-refractivity contribution >= 4 is 27.5 Å². The van der Waals surface area contributed by atoms with E-state index in [-0.39, 0.29) is 41.0 Å². The number of sulfonamides is 1. The normalized spacial score (nSPS) is 11.6. The summed E-state index contributed by atoms with van der Waals surface area (Å²) in [6, 6.07) is 24.4. The fourth-order valence-electron chi connectivity index (χ4n) is 5.64. The number of methoxy groups -OCH3 is 5. The third-order valence-corrected chi connectivity index (χ3v) is 10.2. The van der Waals surface area contributed by atoms with Crippen molar-refractivity contribution in [3.8, 4) is 28.7 Å². The molecule has 0 heterocycles. The minimum absolute atomic E-state index is 0.0196. The first-order chi connectivity index (χ1) is 25.1. The van der Waals surface area contributed by atoms with Gasteiger partial charge in [0.2, 0.25) is 11.8 Å². The van der Waals surface area contributed by atoms with Gasteiger partial charge in [-0.05, 0) is 53.9 Å². The second-order valence-corrected chi connectivity index (χ2v) is 13.7. The van der Waals surface area contributed by atoms with Crippen LogP contribution in [0.4, 0.5) is 5.69 Å². The SMILES string of the molecule is CCCCNC(=O)C(Cc1ccccc1)N(Cc1cccc(OC)c1)C(=O)CN(c1cc(OC)ccc1OC)S(=O)(=O)c1ccc(OC)c(OC)c1. The molecule has 4 aromatic carbocycles. The molecule has 0 spiro atoms. The molecule has 4 aromatic rings. The summed E-state index contributed by atoms with van der Waals surface area (Å²) in [5.74, 6) is 0.585. The molecule has 2 amide bonds. The Kier molecular flexibility index (Phi) is 14.2. The summed E-state index contributed by atoms with van der Waals surface area (Å²) in [4.78, 5) is 30.2. The Balaban J connectivity index is 1.89. The van der Waals surface area contributed by atoms with Crippen LogP contribution in [-0.2, 0) is 32.6 Å². The van der Waals surface area contributed by atoms with Crippen LogP contribution in [-0.4, -0.2) is 79.8 Å². The maximum Gasteiger partial charge on any atom is 0.265 e. The van der Waals surface area contributed by atoms with Gasteiger partial charge in [0.05, 0.1) is 46.1 Å². The lowest BCUT2D eigenvalue weighted by atomic mass is 10.0. The van der Waals surface area contributed by atoms with Gasteiger partial charge in [-0.25, -0.2) is 8.42 Å². The van der Waals surface area contributed by atoms with Crippen molar-refractivity contribution in [1.29, 1.82) is 0 Å². The van der Waals surface area contributed by atoms with Crippen molar-refractivity contribution in [1.82, 2.24) is 10.2 Å². The topological polar surface area (TPSA) is 133 Å². The molecule has 12 nitrogen and oxygen atoms in total. The van der Waals surface area contributed by atoms with E-state index in [0.717, 1.165) is 22.7 Å². The second kappa shape index (κ2) is 18.7. The van der Waals surface area contributed by atoms with Crippen molar-refractivity contribution in [2.45, 2.75) is 43.7 Å². The van der Waals surface area contributed by atoms with Crippen LogP contribution in [0.25, 0.3) is 0 Å². The zero-order chi connectivity index (χ0) is 37.7. The van der Waals surface area contributed by atoms with Crippen molar-refractivity contribution in [3.63, 3.8) is 0 Å². The molecule has 1 unspecified atom stereocenters. The van der Waals surface area contributed by atoms with Crippen molar-refractivity contribution in [2.24, 2.45) is 0 Å². The van der Waals surface area contributed by atoms with Gasteiger partial charge in [-0.1, -0.05) is 55.8 Å². The number of nitrogens with zero attached hydrogens (tertiary/aromatic N) is 2. The average molecular weight is 734 g/mol. The lowest BCUT2D eigenvalue weighted by Gasteiger charge is -2.34. The standard InChI is InChI=1S/C39H47N3O9S/c1-7-8-21-40-39(44)34(23-28-13-10-9-11-14-28)41(26-29-15-12-16-30(22-29)47-2)38(43)27-42(33-24-31(48-3)17-19-35(33)49-4)52(45,46)32-18-20-36(50-5)37(25-32)51-6/h9-20,22,24-25,34H,7-8,21,23,26-27H2,1-6H3,(H,40,44). The van der Waals surface area contributed by atoms with Crippen molar-refractivity contribution < 1.29 is 41.7 Å². The lowest BCUT2D eigenvalue weighted by molar-refractivity contribution is -0.140. The van der Waals surface area contributed by atoms with Crippen LogP contribution in [0.1, 0.15) is 30.9 Å². The minimum atomic E-state index is -4.51. The monoisotopic (exact) mass is 733 g/mol. The number of nitrogens with one attached hydrogen (secondary N) is 1. The molecule has 0 aromatic heterocycles. The Morgan fingerprint density at radius 3 is 2.02 bits per heavy atom. The molecule has 0 bridgehead atoms. The van der Waals surface area contributed by atoms with Crippen LogP contribution in [0.2, 0.25) is 0 Å². The Hall–Kier alpha value is -5.43. The van der Waals surface area contributed by atoms with E-state index in [1.807, 2.05) is 43.3 Å². The number of rotatable bonds is 19. The van der Waals surface area contributed by atoms with Gasteiger partial charge in [-0.2, -0.15) is 0 Å². The quantitative estimate of drug-likeness (QED) is 0.124. The second-order valence-electron chi connectivity index (χ2n) is 11.8. The first-order valence-electron chi connectivity index (χ1n) is 16.8. The maximum absolute atomic E-state index is 14.9. The molecule has 0 saturated heterocycles. The van der Waals surface area contributed by atoms with E-state index in [2.05, 4.69) is 5.32 Å². The van der Waals surface area contributed by atoms with Crippen LogP contribution < -0.4 is 33.3 Å². The summed E-state index contributed by atoms with van der Waals surface area (Å²) >= 11 is 0. The van der Waals surface area contributed by atoms with E-state index in [9.17, 15) is 18.0 Å². The molecule has 0 aliphatic rings. The number of hydrogen-bond acceptors (Lipinski definition) is 9. The van der Waals surface area contributed by atoms with Crippen LogP contribution in [0.5, 0.6) is 28.7 Å². The average Bonchev–Trinajstić information content (AvgIpc) is 3.17. The van der Waals surface area contributed by atoms with E-state index in [1.54, 1.807) is 37.4 Å².